The molecule has 0 aliphatic heterocycles. The summed E-state index contributed by atoms with van der Waals surface area (Å²) in [5.41, 5.74) is 0.645. The van der Waals surface area contributed by atoms with Crippen LogP contribution in [0.15, 0.2) is 29.2 Å². The number of hydrogen-bond acceptors (Lipinski definition) is 4. The molecule has 1 N–H and O–H groups in total. The first kappa shape index (κ1) is 11.3. The van der Waals surface area contributed by atoms with Crippen molar-refractivity contribution in [2.45, 2.75) is 4.90 Å². The first-order chi connectivity index (χ1) is 7.58. The highest BCUT2D eigenvalue weighted by Gasteiger charge is 2.10. The SMILES string of the molecule is C[S+]([O-])c1ccc(-n2nc(O)nc2Cl)cc1. The van der Waals surface area contributed by atoms with E-state index in [2.05, 4.69) is 10.1 Å². The summed E-state index contributed by atoms with van der Waals surface area (Å²) in [6.45, 7) is 0. The zero-order valence-corrected chi connectivity index (χ0v) is 9.87. The second kappa shape index (κ2) is 4.32. The summed E-state index contributed by atoms with van der Waals surface area (Å²) in [5, 5.41) is 12.8. The molecule has 1 aromatic carbocycles. The maximum atomic E-state index is 11.2. The predicted octanol–water partition coefficient (Wildman–Crippen LogP) is 1.36. The third-order valence-electron chi connectivity index (χ3n) is 1.97. The van der Waals surface area contributed by atoms with E-state index in [0.717, 1.165) is 0 Å². The second-order valence-electron chi connectivity index (χ2n) is 3.04. The molecular formula is C9H8ClN3O2S. The number of benzene rings is 1. The molecule has 84 valence electrons. The molecule has 1 unspecified atom stereocenters. The molecule has 1 heterocycles. The van der Waals surface area contributed by atoms with Crippen molar-refractivity contribution in [1.82, 2.24) is 14.8 Å². The fourth-order valence-corrected chi connectivity index (χ4v) is 1.96. The van der Waals surface area contributed by atoms with E-state index in [1.54, 1.807) is 30.5 Å². The largest absolute Gasteiger partial charge is 0.612 e. The lowest BCUT2D eigenvalue weighted by molar-refractivity contribution is 0.430. The molecule has 5 nitrogen and oxygen atoms in total. The zero-order chi connectivity index (χ0) is 11.7. The van der Waals surface area contributed by atoms with Gasteiger partial charge in [-0.05, 0) is 47.0 Å². The van der Waals surface area contributed by atoms with Gasteiger partial charge in [0.15, 0.2) is 4.90 Å². The van der Waals surface area contributed by atoms with Crippen LogP contribution in [0.25, 0.3) is 5.69 Å². The van der Waals surface area contributed by atoms with Crippen molar-refractivity contribution in [2.75, 3.05) is 6.26 Å². The predicted molar refractivity (Wildman–Crippen MR) is 60.4 cm³/mol. The highest BCUT2D eigenvalue weighted by atomic mass is 35.5. The second-order valence-corrected chi connectivity index (χ2v) is 4.76. The third kappa shape index (κ3) is 2.13. The van der Waals surface area contributed by atoms with Gasteiger partial charge in [-0.25, -0.2) is 0 Å². The lowest BCUT2D eigenvalue weighted by Crippen LogP contribution is -2.00. The standard InChI is InChI=1S/C9H8ClN3O2S/c1-16(15)7-4-2-6(3-5-7)13-8(10)11-9(14)12-13/h2-5H,1H3,(H,12,14). The Bertz CT molecular complexity index is 498. The molecule has 0 aliphatic rings. The molecule has 0 amide bonds. The van der Waals surface area contributed by atoms with Gasteiger partial charge in [0.25, 0.3) is 0 Å². The van der Waals surface area contributed by atoms with Crippen LogP contribution in [0.2, 0.25) is 5.28 Å². The van der Waals surface area contributed by atoms with Gasteiger partial charge in [-0.3, -0.25) is 0 Å². The minimum absolute atomic E-state index is 0.0721. The van der Waals surface area contributed by atoms with E-state index < -0.39 is 11.2 Å². The minimum atomic E-state index is -1.02. The maximum Gasteiger partial charge on any atom is 0.334 e. The van der Waals surface area contributed by atoms with Crippen LogP contribution in [0, 0.1) is 0 Å². The van der Waals surface area contributed by atoms with Gasteiger partial charge in [-0.15, -0.1) is 5.10 Å². The third-order valence-corrected chi connectivity index (χ3v) is 3.15. The fraction of sp³-hybridized carbons (Fsp3) is 0.111. The van der Waals surface area contributed by atoms with Crippen molar-refractivity contribution in [1.29, 1.82) is 0 Å². The van der Waals surface area contributed by atoms with Gasteiger partial charge in [0.05, 0.1) is 5.69 Å². The monoisotopic (exact) mass is 257 g/mol. The van der Waals surface area contributed by atoms with Crippen molar-refractivity contribution < 1.29 is 9.66 Å². The number of hydrogen-bond donors (Lipinski definition) is 1. The van der Waals surface area contributed by atoms with E-state index in [4.69, 9.17) is 16.7 Å². The van der Waals surface area contributed by atoms with Gasteiger partial charge < -0.3 is 9.66 Å². The van der Waals surface area contributed by atoms with Gasteiger partial charge in [0.1, 0.15) is 6.26 Å². The number of aromatic hydroxyl groups is 1. The Morgan fingerprint density at radius 2 is 2.00 bits per heavy atom. The Morgan fingerprint density at radius 3 is 2.44 bits per heavy atom. The molecule has 7 heteroatoms. The van der Waals surface area contributed by atoms with Crippen LogP contribution in [0.1, 0.15) is 0 Å². The summed E-state index contributed by atoms with van der Waals surface area (Å²) in [4.78, 5) is 4.27. The van der Waals surface area contributed by atoms with E-state index >= 15 is 0 Å². The van der Waals surface area contributed by atoms with Crippen molar-refractivity contribution in [2.24, 2.45) is 0 Å². The Hall–Kier alpha value is -1.24. The van der Waals surface area contributed by atoms with E-state index in [1.165, 1.54) is 4.68 Å². The molecule has 2 rings (SSSR count). The first-order valence-corrected chi connectivity index (χ1v) is 6.27. The Kier molecular flexibility index (Phi) is 3.04. The van der Waals surface area contributed by atoms with Gasteiger partial charge in [0, 0.05) is 0 Å². The van der Waals surface area contributed by atoms with Crippen LogP contribution < -0.4 is 0 Å². The van der Waals surface area contributed by atoms with Crippen molar-refractivity contribution in [3.05, 3.63) is 29.5 Å². The van der Waals surface area contributed by atoms with Gasteiger partial charge in [-0.1, -0.05) is 0 Å². The molecule has 0 fully saturated rings. The topological polar surface area (TPSA) is 74.0 Å². The molecule has 2 aromatic rings. The van der Waals surface area contributed by atoms with E-state index in [9.17, 15) is 4.55 Å². The molecule has 0 bridgehead atoms. The molecule has 1 atom stereocenters. The highest BCUT2D eigenvalue weighted by Crippen LogP contribution is 2.18. The lowest BCUT2D eigenvalue weighted by Gasteiger charge is -2.05. The molecule has 0 radical (unpaired) electrons. The normalized spacial score (nSPS) is 12.7. The number of halogens is 1. The summed E-state index contributed by atoms with van der Waals surface area (Å²) in [5.74, 6) is 0. The van der Waals surface area contributed by atoms with Gasteiger partial charge in [0.2, 0.25) is 5.28 Å². The Balaban J connectivity index is 2.38. The van der Waals surface area contributed by atoms with Crippen molar-refractivity contribution >= 4 is 22.8 Å². The first-order valence-electron chi connectivity index (χ1n) is 4.33. The summed E-state index contributed by atoms with van der Waals surface area (Å²) in [7, 11) is 0. The average molecular weight is 258 g/mol. The van der Waals surface area contributed by atoms with E-state index in [1.807, 2.05) is 0 Å². The van der Waals surface area contributed by atoms with E-state index in [-0.39, 0.29) is 11.3 Å². The van der Waals surface area contributed by atoms with E-state index in [0.29, 0.717) is 10.6 Å². The number of aromatic nitrogens is 3. The molecule has 16 heavy (non-hydrogen) atoms. The van der Waals surface area contributed by atoms with Crippen LogP contribution >= 0.6 is 11.6 Å². The maximum absolute atomic E-state index is 11.2. The van der Waals surface area contributed by atoms with Crippen molar-refractivity contribution in [3.63, 3.8) is 0 Å². The zero-order valence-electron chi connectivity index (χ0n) is 8.29. The van der Waals surface area contributed by atoms with Crippen LogP contribution in [0.5, 0.6) is 6.01 Å². The van der Waals surface area contributed by atoms with Gasteiger partial charge in [-0.2, -0.15) is 9.67 Å². The molecule has 0 saturated carbocycles. The molecule has 0 saturated heterocycles. The summed E-state index contributed by atoms with van der Waals surface area (Å²) < 4.78 is 12.5. The number of rotatable bonds is 2. The molecular weight excluding hydrogens is 250 g/mol. The number of nitrogens with zero attached hydrogens (tertiary/aromatic N) is 3. The van der Waals surface area contributed by atoms with Crippen LogP contribution in [-0.2, 0) is 11.2 Å². The Morgan fingerprint density at radius 1 is 1.38 bits per heavy atom. The smallest absolute Gasteiger partial charge is 0.334 e. The van der Waals surface area contributed by atoms with Crippen LogP contribution in [-0.4, -0.2) is 30.7 Å². The van der Waals surface area contributed by atoms with Crippen molar-refractivity contribution in [3.8, 4) is 11.7 Å². The molecule has 0 aliphatic carbocycles. The fourth-order valence-electron chi connectivity index (χ4n) is 1.23. The average Bonchev–Trinajstić information content (AvgIpc) is 2.58. The lowest BCUT2D eigenvalue weighted by atomic mass is 10.3. The van der Waals surface area contributed by atoms with Gasteiger partial charge >= 0.3 is 6.01 Å². The summed E-state index contributed by atoms with van der Waals surface area (Å²) in [6.07, 6.45) is 1.60. The van der Waals surface area contributed by atoms with Crippen LogP contribution in [0.3, 0.4) is 0 Å². The summed E-state index contributed by atoms with van der Waals surface area (Å²) >= 11 is 4.73. The Labute approximate surface area is 99.9 Å². The molecule has 1 aromatic heterocycles. The summed E-state index contributed by atoms with van der Waals surface area (Å²) in [6, 6.07) is 6.45. The minimum Gasteiger partial charge on any atom is -0.612 e. The van der Waals surface area contributed by atoms with Crippen LogP contribution in [0.4, 0.5) is 0 Å². The highest BCUT2D eigenvalue weighted by molar-refractivity contribution is 7.90. The molecule has 0 spiro atoms. The quantitative estimate of drug-likeness (QED) is 0.825.